The Bertz CT molecular complexity index is 261. The molecule has 0 spiro atoms. The van der Waals surface area contributed by atoms with Crippen molar-refractivity contribution in [3.63, 3.8) is 0 Å². The van der Waals surface area contributed by atoms with E-state index in [1.165, 1.54) is 12.3 Å². The summed E-state index contributed by atoms with van der Waals surface area (Å²) in [6, 6.07) is 3.16. The molecule has 78 valence electrons. The second-order valence-corrected chi connectivity index (χ2v) is 2.94. The van der Waals surface area contributed by atoms with Gasteiger partial charge in [-0.05, 0) is 19.9 Å². The summed E-state index contributed by atoms with van der Waals surface area (Å²) >= 11 is 0. The fourth-order valence-corrected chi connectivity index (χ4v) is 0.966. The van der Waals surface area contributed by atoms with Crippen LogP contribution in [0.3, 0.4) is 0 Å². The standard InChI is InChI=1S/C10H15NO3/c1-3-13-7-8(2)14-10-5-4-9(12)6-11-10/h4-6,8,12H,3,7H2,1-2H3. The molecule has 0 saturated heterocycles. The highest BCUT2D eigenvalue weighted by atomic mass is 16.5. The topological polar surface area (TPSA) is 51.6 Å². The molecule has 1 heterocycles. The zero-order valence-electron chi connectivity index (χ0n) is 8.43. The molecule has 14 heavy (non-hydrogen) atoms. The molecule has 0 aromatic carbocycles. The van der Waals surface area contributed by atoms with E-state index >= 15 is 0 Å². The number of aromatic nitrogens is 1. The largest absolute Gasteiger partial charge is 0.506 e. The molecule has 0 bridgehead atoms. The van der Waals surface area contributed by atoms with E-state index in [0.29, 0.717) is 19.1 Å². The number of nitrogens with zero attached hydrogens (tertiary/aromatic N) is 1. The maximum Gasteiger partial charge on any atom is 0.213 e. The molecule has 0 aliphatic heterocycles. The summed E-state index contributed by atoms with van der Waals surface area (Å²) in [6.07, 6.45) is 1.31. The van der Waals surface area contributed by atoms with Gasteiger partial charge in [0.15, 0.2) is 0 Å². The maximum atomic E-state index is 8.99. The number of pyridine rings is 1. The van der Waals surface area contributed by atoms with E-state index in [-0.39, 0.29) is 11.9 Å². The highest BCUT2D eigenvalue weighted by Crippen LogP contribution is 2.12. The third-order valence-electron chi connectivity index (χ3n) is 1.60. The normalized spacial score (nSPS) is 12.4. The Balaban J connectivity index is 2.39. The molecule has 4 nitrogen and oxygen atoms in total. The van der Waals surface area contributed by atoms with Gasteiger partial charge in [0, 0.05) is 12.7 Å². The van der Waals surface area contributed by atoms with E-state index in [4.69, 9.17) is 14.6 Å². The average Bonchev–Trinajstić information content (AvgIpc) is 2.18. The number of hydrogen-bond acceptors (Lipinski definition) is 4. The lowest BCUT2D eigenvalue weighted by Crippen LogP contribution is -2.19. The molecular weight excluding hydrogens is 182 g/mol. The van der Waals surface area contributed by atoms with Crippen LogP contribution in [0, 0.1) is 0 Å². The van der Waals surface area contributed by atoms with E-state index in [0.717, 1.165) is 0 Å². The maximum absolute atomic E-state index is 8.99. The van der Waals surface area contributed by atoms with Crippen molar-refractivity contribution < 1.29 is 14.6 Å². The first-order chi connectivity index (χ1) is 6.72. The second kappa shape index (κ2) is 5.44. The summed E-state index contributed by atoms with van der Waals surface area (Å²) in [5.74, 6) is 0.629. The summed E-state index contributed by atoms with van der Waals surface area (Å²) in [6.45, 7) is 5.06. The summed E-state index contributed by atoms with van der Waals surface area (Å²) in [7, 11) is 0. The zero-order chi connectivity index (χ0) is 10.4. The highest BCUT2D eigenvalue weighted by molar-refractivity contribution is 5.21. The number of rotatable bonds is 5. The van der Waals surface area contributed by atoms with Crippen LogP contribution in [-0.4, -0.2) is 29.4 Å². The smallest absolute Gasteiger partial charge is 0.213 e. The minimum atomic E-state index is -0.0352. The lowest BCUT2D eigenvalue weighted by molar-refractivity contribution is 0.0633. The van der Waals surface area contributed by atoms with E-state index in [1.54, 1.807) is 6.07 Å². The Morgan fingerprint density at radius 2 is 2.29 bits per heavy atom. The van der Waals surface area contributed by atoms with Crippen LogP contribution in [0.25, 0.3) is 0 Å². The van der Waals surface area contributed by atoms with Gasteiger partial charge in [-0.3, -0.25) is 0 Å². The predicted octanol–water partition coefficient (Wildman–Crippen LogP) is 1.59. The lowest BCUT2D eigenvalue weighted by atomic mass is 10.4. The van der Waals surface area contributed by atoms with Gasteiger partial charge in [-0.1, -0.05) is 0 Å². The van der Waals surface area contributed by atoms with Crippen molar-refractivity contribution in [3.8, 4) is 11.6 Å². The van der Waals surface area contributed by atoms with Crippen LogP contribution in [0.15, 0.2) is 18.3 Å². The van der Waals surface area contributed by atoms with Crippen LogP contribution >= 0.6 is 0 Å². The summed E-state index contributed by atoms with van der Waals surface area (Å²) in [5.41, 5.74) is 0. The van der Waals surface area contributed by atoms with Crippen LogP contribution < -0.4 is 4.74 Å². The highest BCUT2D eigenvalue weighted by Gasteiger charge is 2.04. The molecule has 0 amide bonds. The quantitative estimate of drug-likeness (QED) is 0.778. The average molecular weight is 197 g/mol. The summed E-state index contributed by atoms with van der Waals surface area (Å²) in [5, 5.41) is 8.99. The van der Waals surface area contributed by atoms with Crippen LogP contribution in [-0.2, 0) is 4.74 Å². The van der Waals surface area contributed by atoms with Gasteiger partial charge in [0.05, 0.1) is 12.8 Å². The molecule has 1 rings (SSSR count). The van der Waals surface area contributed by atoms with Crippen molar-refractivity contribution in [2.45, 2.75) is 20.0 Å². The Hall–Kier alpha value is -1.29. The molecule has 0 radical (unpaired) electrons. The van der Waals surface area contributed by atoms with Crippen molar-refractivity contribution in [2.24, 2.45) is 0 Å². The van der Waals surface area contributed by atoms with Crippen molar-refractivity contribution in [1.29, 1.82) is 0 Å². The Kier molecular flexibility index (Phi) is 4.19. The van der Waals surface area contributed by atoms with Gasteiger partial charge in [0.2, 0.25) is 5.88 Å². The van der Waals surface area contributed by atoms with Crippen LogP contribution in [0.2, 0.25) is 0 Å². The SMILES string of the molecule is CCOCC(C)Oc1ccc(O)cn1. The van der Waals surface area contributed by atoms with Gasteiger partial charge < -0.3 is 14.6 Å². The Labute approximate surface area is 83.5 Å². The van der Waals surface area contributed by atoms with Crippen molar-refractivity contribution >= 4 is 0 Å². The van der Waals surface area contributed by atoms with Crippen LogP contribution in [0.4, 0.5) is 0 Å². The summed E-state index contributed by atoms with van der Waals surface area (Å²) < 4.78 is 10.6. The first-order valence-corrected chi connectivity index (χ1v) is 4.61. The molecule has 1 aromatic heterocycles. The van der Waals surface area contributed by atoms with E-state index in [2.05, 4.69) is 4.98 Å². The van der Waals surface area contributed by atoms with Crippen molar-refractivity contribution in [2.75, 3.05) is 13.2 Å². The van der Waals surface area contributed by atoms with Crippen LogP contribution in [0.5, 0.6) is 11.6 Å². The molecule has 1 N–H and O–H groups in total. The molecule has 0 fully saturated rings. The van der Waals surface area contributed by atoms with Gasteiger partial charge in [-0.15, -0.1) is 0 Å². The van der Waals surface area contributed by atoms with Gasteiger partial charge in [0.25, 0.3) is 0 Å². The number of ether oxygens (including phenoxy) is 2. The van der Waals surface area contributed by atoms with Gasteiger partial charge >= 0.3 is 0 Å². The van der Waals surface area contributed by atoms with E-state index < -0.39 is 0 Å². The summed E-state index contributed by atoms with van der Waals surface area (Å²) in [4.78, 5) is 3.90. The molecule has 0 saturated carbocycles. The fraction of sp³-hybridized carbons (Fsp3) is 0.500. The fourth-order valence-electron chi connectivity index (χ4n) is 0.966. The van der Waals surface area contributed by atoms with E-state index in [9.17, 15) is 0 Å². The second-order valence-electron chi connectivity index (χ2n) is 2.94. The first kappa shape index (κ1) is 10.8. The Morgan fingerprint density at radius 3 is 2.86 bits per heavy atom. The van der Waals surface area contributed by atoms with Gasteiger partial charge in [-0.2, -0.15) is 0 Å². The third kappa shape index (κ3) is 3.62. The van der Waals surface area contributed by atoms with Crippen molar-refractivity contribution in [1.82, 2.24) is 4.98 Å². The molecule has 1 aromatic rings. The molecule has 1 unspecified atom stereocenters. The minimum Gasteiger partial charge on any atom is -0.506 e. The lowest BCUT2D eigenvalue weighted by Gasteiger charge is -2.13. The molecule has 4 heteroatoms. The number of aromatic hydroxyl groups is 1. The molecule has 1 atom stereocenters. The molecular formula is C10H15NO3. The number of hydrogen-bond donors (Lipinski definition) is 1. The monoisotopic (exact) mass is 197 g/mol. The van der Waals surface area contributed by atoms with Gasteiger partial charge in [0.1, 0.15) is 11.9 Å². The molecule has 0 aliphatic rings. The van der Waals surface area contributed by atoms with E-state index in [1.807, 2.05) is 13.8 Å². The predicted molar refractivity (Wildman–Crippen MR) is 52.5 cm³/mol. The minimum absolute atomic E-state index is 0.0352. The third-order valence-corrected chi connectivity index (χ3v) is 1.60. The molecule has 0 aliphatic carbocycles. The van der Waals surface area contributed by atoms with Gasteiger partial charge in [-0.25, -0.2) is 4.98 Å². The Morgan fingerprint density at radius 1 is 1.50 bits per heavy atom. The first-order valence-electron chi connectivity index (χ1n) is 4.61. The van der Waals surface area contributed by atoms with Crippen LogP contribution in [0.1, 0.15) is 13.8 Å². The zero-order valence-corrected chi connectivity index (χ0v) is 8.43. The van der Waals surface area contributed by atoms with Crippen molar-refractivity contribution in [3.05, 3.63) is 18.3 Å².